The van der Waals surface area contributed by atoms with Crippen molar-refractivity contribution in [2.24, 2.45) is 5.84 Å². The van der Waals surface area contributed by atoms with Crippen molar-refractivity contribution in [1.29, 1.82) is 0 Å². The number of nitrogens with one attached hydrogen (secondary N) is 2. The lowest BCUT2D eigenvalue weighted by molar-refractivity contribution is 0.292. The molecule has 0 unspecified atom stereocenters. The van der Waals surface area contributed by atoms with Gasteiger partial charge in [0.2, 0.25) is 11.9 Å². The van der Waals surface area contributed by atoms with E-state index in [9.17, 15) is 0 Å². The molecule has 0 radical (unpaired) electrons. The average molecular weight is 421 g/mol. The molecule has 0 fully saturated rings. The van der Waals surface area contributed by atoms with Gasteiger partial charge in [0.15, 0.2) is 0 Å². The number of halogens is 2. The van der Waals surface area contributed by atoms with Gasteiger partial charge in [-0.3, -0.25) is 5.43 Å². The summed E-state index contributed by atoms with van der Waals surface area (Å²) in [7, 11) is 0. The Bertz CT molecular complexity index is 627. The number of hydrogen-bond donors (Lipinski definition) is 3. The molecule has 1 aromatic heterocycles. The van der Waals surface area contributed by atoms with E-state index in [1.807, 2.05) is 25.1 Å². The van der Waals surface area contributed by atoms with Gasteiger partial charge in [0.1, 0.15) is 0 Å². The van der Waals surface area contributed by atoms with Gasteiger partial charge in [-0.05, 0) is 47.2 Å². The highest BCUT2D eigenvalue weighted by Crippen LogP contribution is 2.26. The number of nitrogens with zero attached hydrogens (tertiary/aromatic N) is 3. The Morgan fingerprint density at radius 2 is 2.05 bits per heavy atom. The van der Waals surface area contributed by atoms with Gasteiger partial charge < -0.3 is 10.1 Å². The molecular formula is C12H14ClIN6O. The molecule has 0 aliphatic carbocycles. The molecule has 0 saturated heterocycles. The van der Waals surface area contributed by atoms with Crippen molar-refractivity contribution in [3.8, 4) is 6.01 Å². The van der Waals surface area contributed by atoms with Gasteiger partial charge in [-0.15, -0.1) is 0 Å². The summed E-state index contributed by atoms with van der Waals surface area (Å²) in [5.74, 6) is 5.85. The molecule has 0 bridgehead atoms. The molecule has 1 aromatic carbocycles. The molecule has 112 valence electrons. The first-order valence-corrected chi connectivity index (χ1v) is 7.65. The molecule has 0 saturated carbocycles. The Morgan fingerprint density at radius 3 is 2.71 bits per heavy atom. The number of nitrogens with two attached hydrogens (primary N) is 1. The lowest BCUT2D eigenvalue weighted by Crippen LogP contribution is -2.14. The second-order valence-electron chi connectivity index (χ2n) is 4.01. The summed E-state index contributed by atoms with van der Waals surface area (Å²) in [6, 6.07) is 5.80. The molecule has 0 spiro atoms. The molecule has 1 heterocycles. The molecule has 0 atom stereocenters. The lowest BCUT2D eigenvalue weighted by atomic mass is 10.3. The maximum atomic E-state index is 6.17. The van der Waals surface area contributed by atoms with Crippen LogP contribution in [0.4, 0.5) is 17.6 Å². The zero-order valence-corrected chi connectivity index (χ0v) is 14.1. The van der Waals surface area contributed by atoms with Crippen LogP contribution < -0.4 is 21.3 Å². The van der Waals surface area contributed by atoms with E-state index in [0.29, 0.717) is 23.3 Å². The van der Waals surface area contributed by atoms with Crippen LogP contribution in [0.1, 0.15) is 13.3 Å². The van der Waals surface area contributed by atoms with Crippen molar-refractivity contribution in [1.82, 2.24) is 15.0 Å². The zero-order valence-electron chi connectivity index (χ0n) is 11.2. The van der Waals surface area contributed by atoms with Crippen molar-refractivity contribution in [2.75, 3.05) is 17.3 Å². The van der Waals surface area contributed by atoms with E-state index >= 15 is 0 Å². The van der Waals surface area contributed by atoms with Crippen LogP contribution in [0.5, 0.6) is 6.01 Å². The van der Waals surface area contributed by atoms with Crippen molar-refractivity contribution >= 4 is 51.8 Å². The minimum atomic E-state index is 0.198. The number of benzene rings is 1. The minimum absolute atomic E-state index is 0.198. The summed E-state index contributed by atoms with van der Waals surface area (Å²) < 4.78 is 6.43. The smallest absolute Gasteiger partial charge is 0.323 e. The van der Waals surface area contributed by atoms with Crippen LogP contribution in [0.25, 0.3) is 0 Å². The van der Waals surface area contributed by atoms with Crippen LogP contribution in [-0.2, 0) is 0 Å². The Morgan fingerprint density at radius 1 is 1.29 bits per heavy atom. The number of rotatable bonds is 6. The van der Waals surface area contributed by atoms with E-state index in [0.717, 1.165) is 9.99 Å². The Balaban J connectivity index is 2.25. The summed E-state index contributed by atoms with van der Waals surface area (Å²) in [5, 5.41) is 3.59. The highest BCUT2D eigenvalue weighted by Gasteiger charge is 2.09. The molecular weight excluding hydrogens is 407 g/mol. The average Bonchev–Trinajstić information content (AvgIpc) is 2.48. The summed E-state index contributed by atoms with van der Waals surface area (Å²) in [6.45, 7) is 2.51. The first-order valence-electron chi connectivity index (χ1n) is 6.20. The molecule has 7 nitrogen and oxygen atoms in total. The van der Waals surface area contributed by atoms with Gasteiger partial charge in [-0.2, -0.15) is 15.0 Å². The fraction of sp³-hybridized carbons (Fsp3) is 0.250. The number of anilines is 3. The second kappa shape index (κ2) is 7.57. The van der Waals surface area contributed by atoms with E-state index < -0.39 is 0 Å². The third-order valence-corrected chi connectivity index (χ3v) is 3.34. The van der Waals surface area contributed by atoms with Gasteiger partial charge in [0.05, 0.1) is 17.3 Å². The van der Waals surface area contributed by atoms with Crippen LogP contribution in [0, 0.1) is 3.57 Å². The number of nitrogen functional groups attached to an aromatic ring is 1. The van der Waals surface area contributed by atoms with E-state index in [4.69, 9.17) is 22.2 Å². The van der Waals surface area contributed by atoms with Gasteiger partial charge >= 0.3 is 6.01 Å². The van der Waals surface area contributed by atoms with Crippen molar-refractivity contribution in [2.45, 2.75) is 13.3 Å². The van der Waals surface area contributed by atoms with Gasteiger partial charge in [0, 0.05) is 3.57 Å². The first kappa shape index (κ1) is 16.0. The van der Waals surface area contributed by atoms with Crippen molar-refractivity contribution in [3.63, 3.8) is 0 Å². The monoisotopic (exact) mass is 420 g/mol. The van der Waals surface area contributed by atoms with Crippen molar-refractivity contribution in [3.05, 3.63) is 26.8 Å². The fourth-order valence-corrected chi connectivity index (χ4v) is 2.35. The van der Waals surface area contributed by atoms with Crippen molar-refractivity contribution < 1.29 is 4.74 Å². The number of aromatic nitrogens is 3. The van der Waals surface area contributed by atoms with Gasteiger partial charge in [0.25, 0.3) is 0 Å². The zero-order chi connectivity index (χ0) is 15.2. The summed E-state index contributed by atoms with van der Waals surface area (Å²) in [6.07, 6.45) is 0.850. The Labute approximate surface area is 140 Å². The first-order chi connectivity index (χ1) is 10.1. The highest BCUT2D eigenvalue weighted by atomic mass is 127. The molecule has 0 amide bonds. The summed E-state index contributed by atoms with van der Waals surface area (Å²) in [5.41, 5.74) is 3.06. The van der Waals surface area contributed by atoms with Gasteiger partial charge in [-0.25, -0.2) is 5.84 Å². The number of hydrazine groups is 1. The topological polar surface area (TPSA) is 98.0 Å². The number of hydrogen-bond acceptors (Lipinski definition) is 7. The normalized spacial score (nSPS) is 10.3. The number of ether oxygens (including phenoxy) is 1. The van der Waals surface area contributed by atoms with Crippen LogP contribution in [0.15, 0.2) is 18.2 Å². The third kappa shape index (κ3) is 4.55. The molecule has 2 rings (SSSR count). The minimum Gasteiger partial charge on any atom is -0.463 e. The quantitative estimate of drug-likeness (QED) is 0.375. The highest BCUT2D eigenvalue weighted by molar-refractivity contribution is 14.1. The third-order valence-electron chi connectivity index (χ3n) is 2.36. The fourth-order valence-electron chi connectivity index (χ4n) is 1.45. The molecule has 2 aromatic rings. The largest absolute Gasteiger partial charge is 0.463 e. The van der Waals surface area contributed by atoms with Crippen LogP contribution in [-0.4, -0.2) is 21.6 Å². The molecule has 0 aliphatic heterocycles. The second-order valence-corrected chi connectivity index (χ2v) is 5.66. The predicted octanol–water partition coefficient (Wildman–Crippen LogP) is 2.95. The Hall–Kier alpha value is -1.39. The lowest BCUT2D eigenvalue weighted by Gasteiger charge is -2.10. The molecule has 4 N–H and O–H groups in total. The SMILES string of the molecule is CCCOc1nc(NN)nc(Nc2ccc(I)cc2Cl)n1. The standard InChI is InChI=1S/C12H14ClIN6O/c1-2-5-21-12-18-10(17-11(19-12)20-15)16-9-4-3-7(14)6-8(9)13/h3-4,6H,2,5,15H2,1H3,(H2,16,17,18,19,20). The predicted molar refractivity (Wildman–Crippen MR) is 90.9 cm³/mol. The maximum Gasteiger partial charge on any atom is 0.323 e. The Kier molecular flexibility index (Phi) is 5.76. The van der Waals surface area contributed by atoms with E-state index in [-0.39, 0.29) is 12.0 Å². The molecule has 0 aliphatic rings. The summed E-state index contributed by atoms with van der Waals surface area (Å²) >= 11 is 8.35. The molecule has 9 heteroatoms. The van der Waals surface area contributed by atoms with E-state index in [1.165, 1.54) is 0 Å². The van der Waals surface area contributed by atoms with Gasteiger partial charge in [-0.1, -0.05) is 18.5 Å². The van der Waals surface area contributed by atoms with E-state index in [1.54, 1.807) is 0 Å². The molecule has 21 heavy (non-hydrogen) atoms. The van der Waals surface area contributed by atoms with E-state index in [2.05, 4.69) is 48.3 Å². The van der Waals surface area contributed by atoms with Crippen LogP contribution >= 0.6 is 34.2 Å². The maximum absolute atomic E-state index is 6.17. The summed E-state index contributed by atoms with van der Waals surface area (Å²) in [4.78, 5) is 12.3. The van der Waals surface area contributed by atoms with Crippen LogP contribution in [0.2, 0.25) is 5.02 Å². The van der Waals surface area contributed by atoms with Crippen LogP contribution in [0.3, 0.4) is 0 Å².